The van der Waals surface area contributed by atoms with E-state index in [1.807, 2.05) is 17.5 Å². The largest absolute Gasteiger partial charge is 0.394 e. The summed E-state index contributed by atoms with van der Waals surface area (Å²) in [4.78, 5) is 13.1. The minimum atomic E-state index is -0.830. The quantitative estimate of drug-likeness (QED) is 0.744. The fourth-order valence-corrected chi connectivity index (χ4v) is 2.88. The van der Waals surface area contributed by atoms with Crippen LogP contribution in [0.4, 0.5) is 14.6 Å². The lowest BCUT2D eigenvalue weighted by atomic mass is 10.2. The number of nitrogens with zero attached hydrogens (tertiary/aromatic N) is 2. The van der Waals surface area contributed by atoms with Gasteiger partial charge in [-0.05, 0) is 23.6 Å². The molecule has 1 amide bonds. The molecule has 2 aromatic heterocycles. The lowest BCUT2D eigenvalue weighted by Crippen LogP contribution is -2.17. The van der Waals surface area contributed by atoms with Crippen molar-refractivity contribution in [1.82, 2.24) is 9.78 Å². The number of carbonyl (C=O) groups is 1. The topological polar surface area (TPSA) is 67.2 Å². The number of hydrogen-bond acceptors (Lipinski definition) is 4. The SMILES string of the molecule is O=C(Nc1cc(-c2cccs2)nn1CCO)c1cc(F)cc(F)c1. The molecule has 8 heteroatoms. The van der Waals surface area contributed by atoms with Gasteiger partial charge in [0.25, 0.3) is 5.91 Å². The number of thiophene rings is 1. The van der Waals surface area contributed by atoms with Gasteiger partial charge < -0.3 is 10.4 Å². The van der Waals surface area contributed by atoms with Gasteiger partial charge in [0, 0.05) is 17.7 Å². The molecule has 1 aromatic carbocycles. The molecule has 0 radical (unpaired) electrons. The zero-order chi connectivity index (χ0) is 17.1. The van der Waals surface area contributed by atoms with Crippen molar-refractivity contribution in [1.29, 1.82) is 0 Å². The number of anilines is 1. The molecule has 0 aliphatic rings. The number of halogens is 2. The zero-order valence-electron chi connectivity index (χ0n) is 12.4. The Bertz CT molecular complexity index is 842. The average Bonchev–Trinajstić information content (AvgIpc) is 3.17. The van der Waals surface area contributed by atoms with Gasteiger partial charge in [0.2, 0.25) is 0 Å². The van der Waals surface area contributed by atoms with Gasteiger partial charge in [-0.25, -0.2) is 13.5 Å². The fourth-order valence-electron chi connectivity index (χ4n) is 2.20. The first-order valence-corrected chi connectivity index (χ1v) is 7.95. The van der Waals surface area contributed by atoms with Crippen molar-refractivity contribution in [3.8, 4) is 10.6 Å². The second kappa shape index (κ2) is 6.90. The Balaban J connectivity index is 1.89. The summed E-state index contributed by atoms with van der Waals surface area (Å²) in [6.07, 6.45) is 0. The predicted octanol–water partition coefficient (Wildman–Crippen LogP) is 3.13. The number of aromatic nitrogens is 2. The highest BCUT2D eigenvalue weighted by atomic mass is 32.1. The van der Waals surface area contributed by atoms with Crippen molar-refractivity contribution >= 4 is 23.1 Å². The molecule has 0 fully saturated rings. The molecule has 24 heavy (non-hydrogen) atoms. The number of nitrogens with one attached hydrogen (secondary N) is 1. The second-order valence-corrected chi connectivity index (χ2v) is 5.90. The Labute approximate surface area is 140 Å². The van der Waals surface area contributed by atoms with E-state index < -0.39 is 17.5 Å². The van der Waals surface area contributed by atoms with Crippen molar-refractivity contribution in [3.05, 3.63) is 59.0 Å². The van der Waals surface area contributed by atoms with E-state index in [9.17, 15) is 13.6 Å². The van der Waals surface area contributed by atoms with Gasteiger partial charge in [0.05, 0.1) is 18.0 Å². The van der Waals surface area contributed by atoms with Gasteiger partial charge >= 0.3 is 0 Å². The van der Waals surface area contributed by atoms with Crippen LogP contribution in [0.3, 0.4) is 0 Å². The molecule has 124 valence electrons. The van der Waals surface area contributed by atoms with Crippen molar-refractivity contribution in [2.45, 2.75) is 6.54 Å². The second-order valence-electron chi connectivity index (χ2n) is 4.95. The standard InChI is InChI=1S/C16H13F2N3O2S/c17-11-6-10(7-12(18)8-11)16(23)19-15-9-13(14-2-1-5-24-14)20-21(15)3-4-22/h1-2,5-9,22H,3-4H2,(H,19,23). The molecule has 2 N–H and O–H groups in total. The van der Waals surface area contributed by atoms with Crippen LogP contribution in [0.25, 0.3) is 10.6 Å². The normalized spacial score (nSPS) is 10.8. The Kier molecular flexibility index (Phi) is 4.68. The fraction of sp³-hybridized carbons (Fsp3) is 0.125. The molecule has 0 bridgehead atoms. The van der Waals surface area contributed by atoms with Crippen LogP contribution in [0.2, 0.25) is 0 Å². The zero-order valence-corrected chi connectivity index (χ0v) is 13.2. The van der Waals surface area contributed by atoms with Crippen molar-refractivity contribution < 1.29 is 18.7 Å². The Morgan fingerprint density at radius 3 is 2.62 bits per heavy atom. The molecule has 2 heterocycles. The van der Waals surface area contributed by atoms with Crippen molar-refractivity contribution in [3.63, 3.8) is 0 Å². The number of carbonyl (C=O) groups excluding carboxylic acids is 1. The average molecular weight is 349 g/mol. The molecule has 0 saturated carbocycles. The summed E-state index contributed by atoms with van der Waals surface area (Å²) in [6.45, 7) is 0.0154. The van der Waals surface area contributed by atoms with Crippen LogP contribution in [-0.2, 0) is 6.54 Å². The van der Waals surface area contributed by atoms with Crippen LogP contribution in [0.15, 0.2) is 41.8 Å². The third kappa shape index (κ3) is 3.50. The third-order valence-electron chi connectivity index (χ3n) is 3.23. The minimum Gasteiger partial charge on any atom is -0.394 e. The van der Waals surface area contributed by atoms with Crippen molar-refractivity contribution in [2.24, 2.45) is 0 Å². The summed E-state index contributed by atoms with van der Waals surface area (Å²) < 4.78 is 27.9. The number of aliphatic hydroxyl groups excluding tert-OH is 1. The van der Waals surface area contributed by atoms with E-state index in [-0.39, 0.29) is 18.7 Å². The van der Waals surface area contributed by atoms with Gasteiger partial charge in [0.15, 0.2) is 0 Å². The molecule has 0 aliphatic carbocycles. The Hall–Kier alpha value is -2.58. The van der Waals surface area contributed by atoms with E-state index in [1.165, 1.54) is 16.0 Å². The molecule has 5 nitrogen and oxygen atoms in total. The molecule has 0 saturated heterocycles. The molecule has 0 spiro atoms. The summed E-state index contributed by atoms with van der Waals surface area (Å²) in [5.74, 6) is -1.99. The van der Waals surface area contributed by atoms with Crippen molar-refractivity contribution in [2.75, 3.05) is 11.9 Å². The van der Waals surface area contributed by atoms with Crippen LogP contribution in [0, 0.1) is 11.6 Å². The molecule has 3 aromatic rings. The molecule has 3 rings (SSSR count). The smallest absolute Gasteiger partial charge is 0.257 e. The highest BCUT2D eigenvalue weighted by molar-refractivity contribution is 7.13. The number of amides is 1. The maximum atomic E-state index is 13.2. The lowest BCUT2D eigenvalue weighted by molar-refractivity contribution is 0.102. The highest BCUT2D eigenvalue weighted by Gasteiger charge is 2.15. The van der Waals surface area contributed by atoms with E-state index in [1.54, 1.807) is 6.07 Å². The van der Waals surface area contributed by atoms with Crippen LogP contribution in [0.1, 0.15) is 10.4 Å². The highest BCUT2D eigenvalue weighted by Crippen LogP contribution is 2.26. The van der Waals surface area contributed by atoms with E-state index in [0.29, 0.717) is 17.6 Å². The summed E-state index contributed by atoms with van der Waals surface area (Å²) >= 11 is 1.49. The van der Waals surface area contributed by atoms with Crippen LogP contribution < -0.4 is 5.32 Å². The lowest BCUT2D eigenvalue weighted by Gasteiger charge is -2.07. The first kappa shape index (κ1) is 16.3. The van der Waals surface area contributed by atoms with Crippen LogP contribution >= 0.6 is 11.3 Å². The van der Waals surface area contributed by atoms with E-state index in [2.05, 4.69) is 10.4 Å². The predicted molar refractivity (Wildman–Crippen MR) is 86.9 cm³/mol. The van der Waals surface area contributed by atoms with Crippen LogP contribution in [-0.4, -0.2) is 27.4 Å². The summed E-state index contributed by atoms with van der Waals surface area (Å²) in [5, 5.41) is 17.9. The Morgan fingerprint density at radius 2 is 2.00 bits per heavy atom. The van der Waals surface area contributed by atoms with Crippen LogP contribution in [0.5, 0.6) is 0 Å². The minimum absolute atomic E-state index is 0.137. The Morgan fingerprint density at radius 1 is 1.25 bits per heavy atom. The number of hydrogen-bond donors (Lipinski definition) is 2. The van der Waals surface area contributed by atoms with E-state index >= 15 is 0 Å². The number of aliphatic hydroxyl groups is 1. The molecule has 0 atom stereocenters. The van der Waals surface area contributed by atoms with E-state index in [0.717, 1.165) is 17.0 Å². The van der Waals surface area contributed by atoms with Gasteiger partial charge in [-0.3, -0.25) is 4.79 Å². The molecular weight excluding hydrogens is 336 g/mol. The first-order chi connectivity index (χ1) is 11.6. The molecule has 0 aliphatic heterocycles. The summed E-state index contributed by atoms with van der Waals surface area (Å²) in [7, 11) is 0. The molecule has 0 unspecified atom stereocenters. The van der Waals surface area contributed by atoms with Gasteiger partial charge in [-0.2, -0.15) is 5.10 Å². The monoisotopic (exact) mass is 349 g/mol. The first-order valence-electron chi connectivity index (χ1n) is 7.07. The maximum Gasteiger partial charge on any atom is 0.257 e. The van der Waals surface area contributed by atoms with Gasteiger partial charge in [-0.15, -0.1) is 11.3 Å². The van der Waals surface area contributed by atoms with E-state index in [4.69, 9.17) is 5.11 Å². The maximum absolute atomic E-state index is 13.2. The molecular formula is C16H13F2N3O2S. The number of benzene rings is 1. The van der Waals surface area contributed by atoms with Gasteiger partial charge in [-0.1, -0.05) is 6.07 Å². The van der Waals surface area contributed by atoms with Gasteiger partial charge in [0.1, 0.15) is 23.1 Å². The number of rotatable bonds is 5. The summed E-state index contributed by atoms with van der Waals surface area (Å²) in [5.41, 5.74) is 0.501. The third-order valence-corrected chi connectivity index (χ3v) is 4.12. The summed E-state index contributed by atoms with van der Waals surface area (Å²) in [6, 6.07) is 8.00.